The number of hydrogen-bond acceptors (Lipinski definition) is 5. The van der Waals surface area contributed by atoms with Crippen LogP contribution in [-0.4, -0.2) is 34.9 Å². The van der Waals surface area contributed by atoms with E-state index in [1.807, 2.05) is 24.5 Å². The maximum absolute atomic E-state index is 12.5. The van der Waals surface area contributed by atoms with Crippen molar-refractivity contribution in [1.82, 2.24) is 4.57 Å². The maximum Gasteiger partial charge on any atom is 0.347 e. The molecule has 0 aliphatic heterocycles. The zero-order chi connectivity index (χ0) is 20.3. The van der Waals surface area contributed by atoms with Crippen LogP contribution in [0.2, 0.25) is 0 Å². The number of primary amides is 1. The molecule has 1 amide bonds. The first-order chi connectivity index (χ1) is 12.7. The van der Waals surface area contributed by atoms with Crippen LogP contribution in [0.1, 0.15) is 36.8 Å². The number of rotatable bonds is 8. The lowest BCUT2D eigenvalue weighted by atomic mass is 10.0. The number of nitrogens with zero attached hydrogens (tertiary/aromatic N) is 1. The van der Waals surface area contributed by atoms with Crippen LogP contribution in [0.3, 0.4) is 0 Å². The van der Waals surface area contributed by atoms with Crippen molar-refractivity contribution >= 4 is 44.5 Å². The van der Waals surface area contributed by atoms with E-state index in [2.05, 4.69) is 15.9 Å². The number of carbonyl (C=O) groups is 3. The number of benzene rings is 1. The van der Waals surface area contributed by atoms with Crippen molar-refractivity contribution in [3.05, 3.63) is 29.5 Å². The van der Waals surface area contributed by atoms with Crippen LogP contribution in [0.25, 0.3) is 10.9 Å². The molecule has 1 heterocycles. The number of ketones is 1. The molecule has 7 nitrogen and oxygen atoms in total. The van der Waals surface area contributed by atoms with Crippen LogP contribution < -0.4 is 10.5 Å². The highest BCUT2D eigenvalue weighted by Gasteiger charge is 2.30. The number of carbonyl (C=O) groups excluding carboxylic acids is 3. The number of halogens is 1. The van der Waals surface area contributed by atoms with Crippen molar-refractivity contribution in [2.75, 3.05) is 6.61 Å². The minimum Gasteiger partial charge on any atom is -0.478 e. The predicted octanol–water partition coefficient (Wildman–Crippen LogP) is 2.94. The monoisotopic (exact) mass is 438 g/mol. The van der Waals surface area contributed by atoms with Gasteiger partial charge >= 0.3 is 5.97 Å². The summed E-state index contributed by atoms with van der Waals surface area (Å²) in [5.41, 5.74) is 7.11. The van der Waals surface area contributed by atoms with Crippen LogP contribution in [-0.2, 0) is 19.8 Å². The molecule has 1 aromatic heterocycles. The van der Waals surface area contributed by atoms with Crippen LogP contribution >= 0.6 is 15.9 Å². The van der Waals surface area contributed by atoms with Gasteiger partial charge < -0.3 is 19.8 Å². The van der Waals surface area contributed by atoms with Crippen molar-refractivity contribution in [3.8, 4) is 5.75 Å². The predicted molar refractivity (Wildman–Crippen MR) is 105 cm³/mol. The smallest absolute Gasteiger partial charge is 0.347 e. The highest BCUT2D eigenvalue weighted by atomic mass is 79.9. The molecule has 1 aromatic carbocycles. The third-order valence-corrected chi connectivity index (χ3v) is 4.76. The number of esters is 1. The van der Waals surface area contributed by atoms with Gasteiger partial charge in [-0.3, -0.25) is 9.59 Å². The summed E-state index contributed by atoms with van der Waals surface area (Å²) in [5.74, 6) is -2.16. The van der Waals surface area contributed by atoms with Gasteiger partial charge in [0.2, 0.25) is 0 Å². The second kappa shape index (κ2) is 8.56. The number of fused-ring (bicyclic) bond motifs is 1. The Labute approximate surface area is 165 Å². The highest BCUT2D eigenvalue weighted by Crippen LogP contribution is 2.35. The Balaban J connectivity index is 2.68. The van der Waals surface area contributed by atoms with E-state index in [0.29, 0.717) is 27.8 Å². The highest BCUT2D eigenvalue weighted by molar-refractivity contribution is 9.08. The Morgan fingerprint density at radius 3 is 2.44 bits per heavy atom. The van der Waals surface area contributed by atoms with Gasteiger partial charge in [0.25, 0.3) is 11.7 Å². The quantitative estimate of drug-likeness (QED) is 0.295. The minimum absolute atomic E-state index is 0.158. The SMILES string of the molecule is CCOC(=O)C(Oc1cccc2c1c(C(=O)C(N)=O)c(C)n2CBr)C(C)C. The van der Waals surface area contributed by atoms with Crippen LogP contribution in [0, 0.1) is 12.8 Å². The van der Waals surface area contributed by atoms with Crippen molar-refractivity contribution in [2.45, 2.75) is 39.3 Å². The van der Waals surface area contributed by atoms with Crippen LogP contribution in [0.15, 0.2) is 18.2 Å². The summed E-state index contributed by atoms with van der Waals surface area (Å²) in [6.45, 7) is 7.36. The van der Waals surface area contributed by atoms with Crippen LogP contribution in [0.5, 0.6) is 5.75 Å². The average molecular weight is 439 g/mol. The number of amides is 1. The largest absolute Gasteiger partial charge is 0.478 e. The Morgan fingerprint density at radius 2 is 1.93 bits per heavy atom. The molecule has 146 valence electrons. The Bertz CT molecular complexity index is 888. The molecule has 2 N–H and O–H groups in total. The summed E-state index contributed by atoms with van der Waals surface area (Å²) >= 11 is 3.39. The van der Waals surface area contributed by atoms with Crippen molar-refractivity contribution < 1.29 is 23.9 Å². The van der Waals surface area contributed by atoms with Gasteiger partial charge in [-0.15, -0.1) is 0 Å². The fraction of sp³-hybridized carbons (Fsp3) is 0.421. The Hall–Kier alpha value is -2.35. The number of hydrogen-bond donors (Lipinski definition) is 1. The van der Waals surface area contributed by atoms with Gasteiger partial charge in [0.05, 0.1) is 28.5 Å². The van der Waals surface area contributed by atoms with E-state index in [-0.39, 0.29) is 18.1 Å². The first-order valence-corrected chi connectivity index (χ1v) is 9.71. The number of ether oxygens (including phenoxy) is 2. The molecule has 27 heavy (non-hydrogen) atoms. The first kappa shape index (κ1) is 21.0. The molecule has 0 aliphatic rings. The van der Waals surface area contributed by atoms with E-state index < -0.39 is 23.8 Å². The molecule has 2 rings (SSSR count). The fourth-order valence-corrected chi connectivity index (χ4v) is 3.61. The maximum atomic E-state index is 12.5. The molecule has 0 saturated heterocycles. The summed E-state index contributed by atoms with van der Waals surface area (Å²) in [6, 6.07) is 5.23. The third-order valence-electron chi connectivity index (χ3n) is 4.26. The van der Waals surface area contributed by atoms with E-state index in [1.54, 1.807) is 26.0 Å². The molecule has 0 bridgehead atoms. The summed E-state index contributed by atoms with van der Waals surface area (Å²) < 4.78 is 12.9. The van der Waals surface area contributed by atoms with Gasteiger partial charge in [-0.05, 0) is 26.0 Å². The number of alkyl halides is 1. The number of Topliss-reactive ketones (excluding diaryl/α,β-unsaturated/α-hetero) is 1. The van der Waals surface area contributed by atoms with Crippen molar-refractivity contribution in [1.29, 1.82) is 0 Å². The minimum atomic E-state index is -1.05. The van der Waals surface area contributed by atoms with Gasteiger partial charge in [-0.2, -0.15) is 0 Å². The lowest BCUT2D eigenvalue weighted by molar-refractivity contribution is -0.153. The second-order valence-corrected chi connectivity index (χ2v) is 6.89. The summed E-state index contributed by atoms with van der Waals surface area (Å²) in [5, 5.41) is 0.452. The van der Waals surface area contributed by atoms with Gasteiger partial charge in [-0.25, -0.2) is 4.79 Å². The average Bonchev–Trinajstić information content (AvgIpc) is 2.90. The molecule has 2 aromatic rings. The molecule has 1 atom stereocenters. The Morgan fingerprint density at radius 1 is 1.26 bits per heavy atom. The second-order valence-electron chi connectivity index (χ2n) is 6.39. The molecular weight excluding hydrogens is 416 g/mol. The Kier molecular flexibility index (Phi) is 6.64. The zero-order valence-corrected chi connectivity index (χ0v) is 17.3. The van der Waals surface area contributed by atoms with Gasteiger partial charge in [0.1, 0.15) is 5.75 Å². The first-order valence-electron chi connectivity index (χ1n) is 8.59. The molecule has 0 aliphatic carbocycles. The molecule has 0 radical (unpaired) electrons. The standard InChI is InChI=1S/C19H23BrN2O5/c1-5-26-19(25)17(10(2)3)27-13-8-6-7-12-15(13)14(16(23)18(21)24)11(4)22(12)9-20/h6-8,10,17H,5,9H2,1-4H3,(H2,21,24). The normalized spacial score (nSPS) is 12.2. The fourth-order valence-electron chi connectivity index (χ4n) is 2.96. The molecule has 0 fully saturated rings. The van der Waals surface area contributed by atoms with E-state index in [9.17, 15) is 14.4 Å². The van der Waals surface area contributed by atoms with Crippen LogP contribution in [0.4, 0.5) is 0 Å². The summed E-state index contributed by atoms with van der Waals surface area (Å²) in [7, 11) is 0. The summed E-state index contributed by atoms with van der Waals surface area (Å²) in [4.78, 5) is 36.3. The van der Waals surface area contributed by atoms with Gasteiger partial charge in [-0.1, -0.05) is 35.8 Å². The lowest BCUT2D eigenvalue weighted by Gasteiger charge is -2.21. The zero-order valence-electron chi connectivity index (χ0n) is 15.7. The van der Waals surface area contributed by atoms with E-state index >= 15 is 0 Å². The summed E-state index contributed by atoms with van der Waals surface area (Å²) in [6.07, 6.45) is -0.847. The molecule has 0 saturated carbocycles. The lowest BCUT2D eigenvalue weighted by Crippen LogP contribution is -2.34. The third kappa shape index (κ3) is 4.00. The topological polar surface area (TPSA) is 101 Å². The van der Waals surface area contributed by atoms with Crippen molar-refractivity contribution in [2.24, 2.45) is 11.7 Å². The van der Waals surface area contributed by atoms with Gasteiger partial charge in [0.15, 0.2) is 6.10 Å². The number of nitrogens with two attached hydrogens (primary N) is 1. The molecule has 8 heteroatoms. The van der Waals surface area contributed by atoms with E-state index in [1.165, 1.54) is 0 Å². The molecular formula is C19H23BrN2O5. The van der Waals surface area contributed by atoms with Gasteiger partial charge in [0, 0.05) is 11.6 Å². The molecule has 1 unspecified atom stereocenters. The van der Waals surface area contributed by atoms with E-state index in [4.69, 9.17) is 15.2 Å². The van der Waals surface area contributed by atoms with E-state index in [0.717, 1.165) is 0 Å². The molecule has 0 spiro atoms. The number of aromatic nitrogens is 1. The van der Waals surface area contributed by atoms with Crippen molar-refractivity contribution in [3.63, 3.8) is 0 Å².